The summed E-state index contributed by atoms with van der Waals surface area (Å²) in [5, 5.41) is 13.5. The molecule has 0 atom stereocenters. The van der Waals surface area contributed by atoms with Crippen LogP contribution in [0.2, 0.25) is 0 Å². The highest BCUT2D eigenvalue weighted by Crippen LogP contribution is 2.32. The highest BCUT2D eigenvalue weighted by Gasteiger charge is 2.20. The number of carboxylic acid groups (broad SMARTS) is 1. The van der Waals surface area contributed by atoms with Crippen LogP contribution in [0.25, 0.3) is 0 Å². The maximum atomic E-state index is 12.4. The van der Waals surface area contributed by atoms with Crippen molar-refractivity contribution in [1.29, 1.82) is 0 Å². The fourth-order valence-electron chi connectivity index (χ4n) is 2.33. The highest BCUT2D eigenvalue weighted by atomic mass is 16.5. The summed E-state index contributed by atoms with van der Waals surface area (Å²) >= 11 is 0. The van der Waals surface area contributed by atoms with Crippen LogP contribution in [0, 0.1) is 0 Å². The number of methoxy groups -OCH3 is 1. The molecule has 126 valence electrons. The number of hydrogen-bond acceptors (Lipinski definition) is 4. The molecule has 0 heterocycles. The molecule has 0 aliphatic rings. The zero-order chi connectivity index (χ0) is 17.9. The third-order valence-corrected chi connectivity index (χ3v) is 3.65. The molecule has 0 aromatic heterocycles. The monoisotopic (exact) mass is 326 g/mol. The van der Waals surface area contributed by atoms with Crippen LogP contribution in [0.4, 0.5) is 5.69 Å². The third kappa shape index (κ3) is 3.93. The zero-order valence-electron chi connectivity index (χ0n) is 14.2. The Kier molecular flexibility index (Phi) is 4.93. The van der Waals surface area contributed by atoms with E-state index in [4.69, 9.17) is 4.74 Å². The SMILES string of the molecule is COc1ccc(C(=O)Nc2ccc(C(=O)[O-])cc2)cc1C(C)(C)C. The number of rotatable bonds is 4. The van der Waals surface area contributed by atoms with Gasteiger partial charge in [0.05, 0.1) is 13.1 Å². The highest BCUT2D eigenvalue weighted by molar-refractivity contribution is 6.04. The first-order valence-electron chi connectivity index (χ1n) is 7.53. The summed E-state index contributed by atoms with van der Waals surface area (Å²) < 4.78 is 5.37. The van der Waals surface area contributed by atoms with E-state index < -0.39 is 5.97 Å². The van der Waals surface area contributed by atoms with Gasteiger partial charge in [0.1, 0.15) is 5.75 Å². The van der Waals surface area contributed by atoms with Crippen LogP contribution in [0.1, 0.15) is 47.1 Å². The van der Waals surface area contributed by atoms with Gasteiger partial charge in [-0.15, -0.1) is 0 Å². The summed E-state index contributed by atoms with van der Waals surface area (Å²) in [6.45, 7) is 6.14. The van der Waals surface area contributed by atoms with Gasteiger partial charge in [0.15, 0.2) is 0 Å². The second-order valence-electron chi connectivity index (χ2n) is 6.48. The van der Waals surface area contributed by atoms with Gasteiger partial charge in [0.2, 0.25) is 0 Å². The molecule has 0 unspecified atom stereocenters. The quantitative estimate of drug-likeness (QED) is 0.937. The molecule has 0 spiro atoms. The molecule has 1 N–H and O–H groups in total. The van der Waals surface area contributed by atoms with Crippen LogP contribution in [-0.2, 0) is 5.41 Å². The second-order valence-corrected chi connectivity index (χ2v) is 6.48. The fraction of sp³-hybridized carbons (Fsp3) is 0.263. The van der Waals surface area contributed by atoms with Crippen molar-refractivity contribution < 1.29 is 19.4 Å². The van der Waals surface area contributed by atoms with E-state index in [2.05, 4.69) is 5.32 Å². The van der Waals surface area contributed by atoms with E-state index in [1.54, 1.807) is 19.2 Å². The van der Waals surface area contributed by atoms with E-state index in [0.717, 1.165) is 11.3 Å². The van der Waals surface area contributed by atoms with Crippen molar-refractivity contribution in [3.8, 4) is 5.75 Å². The van der Waals surface area contributed by atoms with Gasteiger partial charge in [-0.25, -0.2) is 0 Å². The summed E-state index contributed by atoms with van der Waals surface area (Å²) in [6.07, 6.45) is 0. The number of aromatic carboxylic acids is 1. The third-order valence-electron chi connectivity index (χ3n) is 3.65. The molecular formula is C19H20NO4-. The molecule has 0 fully saturated rings. The lowest BCUT2D eigenvalue weighted by molar-refractivity contribution is -0.255. The van der Waals surface area contributed by atoms with E-state index in [1.165, 1.54) is 24.3 Å². The Balaban J connectivity index is 2.25. The van der Waals surface area contributed by atoms with E-state index in [9.17, 15) is 14.7 Å². The average Bonchev–Trinajstić information content (AvgIpc) is 2.53. The standard InChI is InChI=1S/C19H21NO4/c1-19(2,3)15-11-13(7-10-16(15)24-4)17(21)20-14-8-5-12(6-9-14)18(22)23/h5-11H,1-4H3,(H,20,21)(H,22,23)/p-1. The summed E-state index contributed by atoms with van der Waals surface area (Å²) in [7, 11) is 1.60. The molecule has 2 aromatic rings. The van der Waals surface area contributed by atoms with Crippen molar-refractivity contribution in [1.82, 2.24) is 0 Å². The molecule has 0 saturated heterocycles. The Morgan fingerprint density at radius 3 is 2.08 bits per heavy atom. The maximum Gasteiger partial charge on any atom is 0.255 e. The number of ether oxygens (including phenoxy) is 1. The number of hydrogen-bond donors (Lipinski definition) is 1. The smallest absolute Gasteiger partial charge is 0.255 e. The summed E-state index contributed by atoms with van der Waals surface area (Å²) in [5.41, 5.74) is 1.85. The van der Waals surface area contributed by atoms with Crippen molar-refractivity contribution in [2.75, 3.05) is 12.4 Å². The minimum atomic E-state index is -1.25. The Labute approximate surface area is 141 Å². The Bertz CT molecular complexity index is 758. The van der Waals surface area contributed by atoms with Gasteiger partial charge in [-0.05, 0) is 41.3 Å². The number of carbonyl (C=O) groups is 2. The van der Waals surface area contributed by atoms with Crippen molar-refractivity contribution in [2.24, 2.45) is 0 Å². The maximum absolute atomic E-state index is 12.4. The molecule has 2 rings (SSSR count). The van der Waals surface area contributed by atoms with Gasteiger partial charge in [-0.2, -0.15) is 0 Å². The van der Waals surface area contributed by atoms with Crippen molar-refractivity contribution in [2.45, 2.75) is 26.2 Å². The number of carbonyl (C=O) groups excluding carboxylic acids is 2. The molecular weight excluding hydrogens is 306 g/mol. The van der Waals surface area contributed by atoms with E-state index >= 15 is 0 Å². The summed E-state index contributed by atoms with van der Waals surface area (Å²) in [6, 6.07) is 11.1. The van der Waals surface area contributed by atoms with Crippen LogP contribution in [0.5, 0.6) is 5.75 Å². The number of benzene rings is 2. The van der Waals surface area contributed by atoms with Gasteiger partial charge in [-0.3, -0.25) is 4.79 Å². The van der Waals surface area contributed by atoms with E-state index in [1.807, 2.05) is 26.8 Å². The van der Waals surface area contributed by atoms with Crippen LogP contribution in [-0.4, -0.2) is 19.0 Å². The molecule has 5 heteroatoms. The Morgan fingerprint density at radius 2 is 1.58 bits per heavy atom. The molecule has 0 aliphatic carbocycles. The summed E-state index contributed by atoms with van der Waals surface area (Å²) in [5.74, 6) is -0.792. The Morgan fingerprint density at radius 1 is 1.00 bits per heavy atom. The lowest BCUT2D eigenvalue weighted by atomic mass is 9.85. The summed E-state index contributed by atoms with van der Waals surface area (Å²) in [4.78, 5) is 23.2. The molecule has 0 radical (unpaired) electrons. The van der Waals surface area contributed by atoms with Crippen molar-refractivity contribution >= 4 is 17.6 Å². The van der Waals surface area contributed by atoms with Crippen LogP contribution in [0.15, 0.2) is 42.5 Å². The molecule has 1 amide bonds. The number of carboxylic acids is 1. The zero-order valence-corrected chi connectivity index (χ0v) is 14.2. The van der Waals surface area contributed by atoms with Gasteiger partial charge in [0.25, 0.3) is 5.91 Å². The minimum absolute atomic E-state index is 0.0625. The van der Waals surface area contributed by atoms with Gasteiger partial charge >= 0.3 is 0 Å². The fourth-order valence-corrected chi connectivity index (χ4v) is 2.33. The average molecular weight is 326 g/mol. The lowest BCUT2D eigenvalue weighted by Gasteiger charge is -2.22. The predicted molar refractivity (Wildman–Crippen MR) is 90.4 cm³/mol. The van der Waals surface area contributed by atoms with E-state index in [-0.39, 0.29) is 16.9 Å². The number of amides is 1. The predicted octanol–water partition coefficient (Wildman–Crippen LogP) is 2.61. The first-order valence-corrected chi connectivity index (χ1v) is 7.53. The van der Waals surface area contributed by atoms with Crippen LogP contribution in [0.3, 0.4) is 0 Å². The topological polar surface area (TPSA) is 78.5 Å². The minimum Gasteiger partial charge on any atom is -0.545 e. The normalized spacial score (nSPS) is 11.0. The lowest BCUT2D eigenvalue weighted by Crippen LogP contribution is -2.22. The number of anilines is 1. The number of nitrogens with one attached hydrogen (secondary N) is 1. The Hall–Kier alpha value is -2.82. The van der Waals surface area contributed by atoms with Gasteiger partial charge in [0, 0.05) is 16.8 Å². The molecule has 2 aromatic carbocycles. The molecule has 5 nitrogen and oxygen atoms in total. The largest absolute Gasteiger partial charge is 0.545 e. The first kappa shape index (κ1) is 17.5. The van der Waals surface area contributed by atoms with Crippen molar-refractivity contribution in [3.05, 3.63) is 59.2 Å². The molecule has 0 bridgehead atoms. The van der Waals surface area contributed by atoms with Gasteiger partial charge in [-0.1, -0.05) is 32.9 Å². The van der Waals surface area contributed by atoms with Crippen molar-refractivity contribution in [3.63, 3.8) is 0 Å². The molecule has 0 saturated carbocycles. The van der Waals surface area contributed by atoms with Gasteiger partial charge < -0.3 is 20.0 Å². The van der Waals surface area contributed by atoms with Crippen LogP contribution >= 0.6 is 0 Å². The first-order chi connectivity index (χ1) is 11.2. The molecule has 24 heavy (non-hydrogen) atoms. The molecule has 0 aliphatic heterocycles. The second kappa shape index (κ2) is 6.74. The van der Waals surface area contributed by atoms with Crippen LogP contribution < -0.4 is 15.2 Å². The van der Waals surface area contributed by atoms with E-state index in [0.29, 0.717) is 11.3 Å².